The van der Waals surface area contributed by atoms with Gasteiger partial charge in [0.2, 0.25) is 23.6 Å². The number of nitrogens with one attached hydrogen (secondary N) is 4. The van der Waals surface area contributed by atoms with Crippen molar-refractivity contribution in [1.29, 1.82) is 0 Å². The highest BCUT2D eigenvalue weighted by Crippen LogP contribution is 2.66. The molecule has 2 aliphatic heterocycles. The summed E-state index contributed by atoms with van der Waals surface area (Å²) in [5.74, 6) is -0.945. The Balaban J connectivity index is 1.03. The highest BCUT2D eigenvalue weighted by molar-refractivity contribution is 8.76. The summed E-state index contributed by atoms with van der Waals surface area (Å²) in [6.07, 6.45) is 1.20. The number of carbonyl (C=O) groups excluding carboxylic acids is 4. The van der Waals surface area contributed by atoms with Gasteiger partial charge in [-0.1, -0.05) is 83.2 Å². The molecule has 2 aromatic carbocycles. The van der Waals surface area contributed by atoms with Gasteiger partial charge in [0.05, 0.1) is 43.4 Å². The van der Waals surface area contributed by atoms with Gasteiger partial charge < -0.3 is 81.4 Å². The quantitative estimate of drug-likeness (QED) is 0.0168. The first-order valence-electron chi connectivity index (χ1n) is 30.8. The summed E-state index contributed by atoms with van der Waals surface area (Å²) in [5.41, 5.74) is 12.5. The van der Waals surface area contributed by atoms with Gasteiger partial charge in [-0.3, -0.25) is 42.9 Å². The Hall–Kier alpha value is -7.09. The van der Waals surface area contributed by atoms with E-state index in [4.69, 9.17) is 30.0 Å². The van der Waals surface area contributed by atoms with Crippen LogP contribution >= 0.6 is 45.1 Å². The summed E-state index contributed by atoms with van der Waals surface area (Å²) < 4.78 is 59.7. The molecule has 98 heavy (non-hydrogen) atoms. The second-order valence-corrected chi connectivity index (χ2v) is 30.0. The highest BCUT2D eigenvalue weighted by Gasteiger charge is 2.44. The van der Waals surface area contributed by atoms with E-state index in [1.165, 1.54) is 32.7 Å². The topological polar surface area (TPSA) is 503 Å². The first kappa shape index (κ1) is 79.9. The lowest BCUT2D eigenvalue weighted by Gasteiger charge is -2.38. The van der Waals surface area contributed by atoms with Gasteiger partial charge in [0, 0.05) is 73.5 Å². The Morgan fingerprint density at radius 3 is 2.23 bits per heavy atom. The molecule has 536 valence electrons. The molecular weight excluding hydrogens is 1390 g/mol. The third-order valence-electron chi connectivity index (χ3n) is 15.2. The van der Waals surface area contributed by atoms with E-state index in [1.807, 2.05) is 37.5 Å². The molecule has 1 aliphatic carbocycles. The largest absolute Gasteiger partial charge is 0.490 e. The van der Waals surface area contributed by atoms with Crippen molar-refractivity contribution in [2.45, 2.75) is 141 Å². The van der Waals surface area contributed by atoms with Crippen molar-refractivity contribution in [1.82, 2.24) is 35.7 Å². The van der Waals surface area contributed by atoms with Crippen LogP contribution in [0.15, 0.2) is 75.9 Å². The van der Waals surface area contributed by atoms with Gasteiger partial charge in [-0.2, -0.15) is 13.6 Å². The molecule has 33 nitrogen and oxygen atoms in total. The lowest BCUT2D eigenvalue weighted by Crippen LogP contribution is -2.56. The smallest absolute Gasteiger partial charge is 0.481 e. The number of amides is 4. The Kier molecular flexibility index (Phi) is 30.0. The number of aryl methyl sites for hydroxylation is 2. The summed E-state index contributed by atoms with van der Waals surface area (Å²) >= 11 is 0. The zero-order chi connectivity index (χ0) is 72.2. The van der Waals surface area contributed by atoms with E-state index in [0.29, 0.717) is 37.6 Å². The number of carbonyl (C=O) groups is 7. The van der Waals surface area contributed by atoms with Crippen LogP contribution in [0.1, 0.15) is 124 Å². The molecular formula is C60H80N9O24P3S2. The number of allylic oxidation sites excluding steroid dienone is 3. The fourth-order valence-electron chi connectivity index (χ4n) is 10.7. The number of fused-ring (bicyclic) bond motifs is 2. The summed E-state index contributed by atoms with van der Waals surface area (Å²) in [5, 5.41) is 48.5. The fourth-order valence-corrected chi connectivity index (χ4v) is 15.9. The number of aromatic nitrogens is 2. The normalized spacial score (nSPS) is 19.9. The molecule has 4 amide bonds. The average molecular weight is 1470 g/mol. The van der Waals surface area contributed by atoms with E-state index in [1.54, 1.807) is 0 Å². The highest BCUT2D eigenvalue weighted by atomic mass is 33.1. The van der Waals surface area contributed by atoms with Gasteiger partial charge in [0.25, 0.3) is 0 Å². The molecule has 1 fully saturated rings. The molecule has 3 aliphatic rings. The number of nitrogens with zero attached hydrogens (tertiary/aromatic N) is 4. The minimum atomic E-state index is -5.83. The van der Waals surface area contributed by atoms with Crippen molar-refractivity contribution in [3.8, 4) is 17.6 Å². The molecule has 0 spiro atoms. The molecule has 38 heteroatoms. The predicted molar refractivity (Wildman–Crippen MR) is 357 cm³/mol. The van der Waals surface area contributed by atoms with Gasteiger partial charge in [0.15, 0.2) is 0 Å². The predicted octanol–water partition coefficient (Wildman–Crippen LogP) is 3.94. The number of phosphoric ester groups is 1. The van der Waals surface area contributed by atoms with Gasteiger partial charge in [-0.25, -0.2) is 23.3 Å². The first-order valence-corrected chi connectivity index (χ1v) is 37.8. The van der Waals surface area contributed by atoms with E-state index in [0.717, 1.165) is 63.1 Å². The van der Waals surface area contributed by atoms with E-state index < -0.39 is 127 Å². The Morgan fingerprint density at radius 2 is 1.55 bits per heavy atom. The van der Waals surface area contributed by atoms with E-state index in [2.05, 4.69) is 102 Å². The molecule has 0 radical (unpaired) electrons. The van der Waals surface area contributed by atoms with Crippen LogP contribution in [0.5, 0.6) is 5.75 Å². The summed E-state index contributed by atoms with van der Waals surface area (Å²) in [4.78, 5) is 149. The van der Waals surface area contributed by atoms with E-state index in [9.17, 15) is 82.3 Å². The van der Waals surface area contributed by atoms with Crippen LogP contribution in [0.2, 0.25) is 0 Å². The second kappa shape index (κ2) is 36.8. The molecule has 14 N–H and O–H groups in total. The number of carboxylic acid groups (broad SMARTS) is 3. The molecule has 1 saturated heterocycles. The minimum Gasteiger partial charge on any atom is -0.481 e. The number of aliphatic hydroxyl groups excluding tert-OH is 1. The number of anilines is 1. The minimum absolute atomic E-state index is 0.0137. The van der Waals surface area contributed by atoms with Gasteiger partial charge in [-0.15, -0.1) is 0 Å². The number of ether oxygens (including phenoxy) is 2. The van der Waals surface area contributed by atoms with Crippen LogP contribution in [0.25, 0.3) is 0 Å². The first-order chi connectivity index (χ1) is 46.2. The van der Waals surface area contributed by atoms with Crippen LogP contribution in [0.4, 0.5) is 5.82 Å². The maximum atomic E-state index is 14.0. The fraction of sp³-hybridized carbons (Fsp3) is 0.500. The molecule has 8 unspecified atom stereocenters. The van der Waals surface area contributed by atoms with Crippen LogP contribution in [-0.2, 0) is 78.1 Å². The molecule has 10 atom stereocenters. The number of benzene rings is 2. The lowest BCUT2D eigenvalue weighted by atomic mass is 9.73. The number of nitrogen functional groups attached to an aromatic ring is 1. The van der Waals surface area contributed by atoms with Crippen LogP contribution in [0.3, 0.4) is 0 Å². The van der Waals surface area contributed by atoms with Gasteiger partial charge in [-0.05, 0) is 93.9 Å². The zero-order valence-electron chi connectivity index (χ0n) is 54.0. The number of aliphatic imine (C=N–C) groups is 1. The van der Waals surface area contributed by atoms with Crippen molar-refractivity contribution in [3.63, 3.8) is 0 Å². The maximum absolute atomic E-state index is 14.0. The molecule has 0 bridgehead atoms. The van der Waals surface area contributed by atoms with Gasteiger partial charge in [0.1, 0.15) is 47.8 Å². The standard InChI is InChI=1S/C60H80N9O24P3S2/c1-6-13-36-26-47-40(24-34(36)3)55(41-25-35(4)43(62-7-2)27-48(41)90-47)39-16-9-8-14-37(39)31-68(5)21-11-18-51(72)64-42(57(77)65-44(28-53(73)74)58(78)66-45(59(79)80)29-54(75)76)17-12-22-97-98-23-19-50(71)63-20-10-15-38-32-69(60(81)67-56(38)61)52-30-46(70)49(91-52)33-89-95(85,86)93-96(87,88)92-94(82,83)84/h8-9,14,16,24-27,32,41-42,44-46,49,52,55,70H,6-7,11-13,17-23,28-31,33H2,1-5H3,(H,63,71)(H,64,72)(H,65,77)(H,66,78)(H,73,74)(H,75,76)(H,79,80)(H,85,86)(H,87,88)(H2,61,67,81)(H2,82,83,84)/t41?,42?,44?,45?,46?,49-,52-,55?/m1/s1. The van der Waals surface area contributed by atoms with E-state index in [-0.39, 0.29) is 61.9 Å². The molecule has 0 saturated carbocycles. The van der Waals surface area contributed by atoms with Crippen molar-refractivity contribution >= 4 is 98.1 Å². The van der Waals surface area contributed by atoms with Crippen molar-refractivity contribution in [2.24, 2.45) is 10.9 Å². The monoisotopic (exact) mass is 1470 g/mol. The molecule has 3 aromatic rings. The Labute approximate surface area is 571 Å². The molecule has 1 aromatic heterocycles. The van der Waals surface area contributed by atoms with E-state index >= 15 is 0 Å². The van der Waals surface area contributed by atoms with Crippen molar-refractivity contribution in [2.75, 3.05) is 50.5 Å². The summed E-state index contributed by atoms with van der Waals surface area (Å²) in [6.45, 7) is 8.70. The number of nitrogens with two attached hydrogens (primary N) is 1. The number of carboxylic acids is 3. The number of aliphatic hydroxyl groups is 1. The zero-order valence-corrected chi connectivity index (χ0v) is 58.3. The second-order valence-electron chi connectivity index (χ2n) is 22.9. The third kappa shape index (κ3) is 24.7. The third-order valence-corrected chi connectivity index (χ3v) is 21.5. The molecule has 3 heterocycles. The van der Waals surface area contributed by atoms with Crippen molar-refractivity contribution in [3.05, 3.63) is 110 Å². The summed E-state index contributed by atoms with van der Waals surface area (Å²) in [6, 6.07) is 7.47. The number of hydrogen-bond donors (Lipinski definition) is 13. The SMILES string of the molecule is CCCc1cc2c(cc1C)C(c1ccccc1CN(C)CCCC(=O)NC(CCCSSCCC(=O)NCC#Cc1cn([C@H]3CC(O)[C@@H](COP(=O)(O)OP(=O)(O)OP(=O)(O)O)O3)c(=O)nc1N)C(=O)NC(CC(=O)O)C(=O)NC(CC(=O)O)C(=O)O)C1C=C(C)C(=NCC)C=C1O2. The maximum Gasteiger partial charge on any atom is 0.490 e. The lowest BCUT2D eigenvalue weighted by molar-refractivity contribution is -0.148. The van der Waals surface area contributed by atoms with Crippen LogP contribution in [0, 0.1) is 24.7 Å². The van der Waals surface area contributed by atoms with Gasteiger partial charge >= 0.3 is 47.1 Å². The number of hydrogen-bond acceptors (Lipinski definition) is 23. The van der Waals surface area contributed by atoms with Crippen LogP contribution < -0.4 is 37.4 Å². The number of phosphoric acid groups is 3. The molecule has 6 rings (SSSR count). The Bertz CT molecular complexity index is 3820. The summed E-state index contributed by atoms with van der Waals surface area (Å²) in [7, 11) is -12.5. The van der Waals surface area contributed by atoms with Crippen LogP contribution in [-0.4, -0.2) is 177 Å². The Morgan fingerprint density at radius 1 is 0.867 bits per heavy atom. The number of aliphatic carboxylic acids is 3. The average Bonchev–Trinajstić information content (AvgIpc) is 0.866. The van der Waals surface area contributed by atoms with Crippen molar-refractivity contribution < 1.29 is 110 Å². The number of rotatable bonds is 37.